The first-order chi connectivity index (χ1) is 5.62. The molecule has 80 valence electrons. The number of rotatable bonds is 7. The van der Waals surface area contributed by atoms with Crippen LogP contribution in [0.3, 0.4) is 0 Å². The summed E-state index contributed by atoms with van der Waals surface area (Å²) in [5.74, 6) is 0.120. The molecule has 0 atom stereocenters. The quantitative estimate of drug-likeness (QED) is 0.366. The molecule has 0 spiro atoms. The molecule has 0 saturated heterocycles. The van der Waals surface area contributed by atoms with Gasteiger partial charge in [0.25, 0.3) is 10.1 Å². The van der Waals surface area contributed by atoms with Crippen molar-refractivity contribution in [3.8, 4) is 0 Å². The van der Waals surface area contributed by atoms with Gasteiger partial charge in [-0.3, -0.25) is 4.18 Å². The molecule has 0 unspecified atom stereocenters. The minimum atomic E-state index is -3.29. The monoisotopic (exact) mass is 208 g/mol. The summed E-state index contributed by atoms with van der Waals surface area (Å²) in [5.41, 5.74) is 0. The summed E-state index contributed by atoms with van der Waals surface area (Å²) >= 11 is 0. The normalized spacial score (nSPS) is 10.5. The third kappa shape index (κ3) is 9.56. The summed E-state index contributed by atoms with van der Waals surface area (Å²) in [6.07, 6.45) is 4.04. The fraction of sp³-hybridized carbons (Fsp3) is 0.778. The first-order valence-electron chi connectivity index (χ1n) is 4.10. The molecule has 0 heterocycles. The summed E-state index contributed by atoms with van der Waals surface area (Å²) in [4.78, 5) is 0. The second-order valence-electron chi connectivity index (χ2n) is 2.54. The Kier molecular flexibility index (Phi) is 9.61. The van der Waals surface area contributed by atoms with Crippen molar-refractivity contribution in [3.63, 3.8) is 0 Å². The molecule has 13 heavy (non-hydrogen) atoms. The van der Waals surface area contributed by atoms with Crippen molar-refractivity contribution in [2.45, 2.75) is 33.6 Å². The van der Waals surface area contributed by atoms with Crippen LogP contribution in [0, 0.1) is 0 Å². The van der Waals surface area contributed by atoms with Gasteiger partial charge in [0.1, 0.15) is 0 Å². The van der Waals surface area contributed by atoms with Crippen molar-refractivity contribution in [1.29, 1.82) is 0 Å². The van der Waals surface area contributed by atoms with E-state index in [1.165, 1.54) is 6.08 Å². The highest BCUT2D eigenvalue weighted by Gasteiger charge is 2.08. The van der Waals surface area contributed by atoms with E-state index in [1.54, 1.807) is 0 Å². The first kappa shape index (κ1) is 15.1. The van der Waals surface area contributed by atoms with E-state index in [2.05, 4.69) is 10.8 Å². The smallest absolute Gasteiger partial charge is 0.266 e. The van der Waals surface area contributed by atoms with Crippen molar-refractivity contribution in [1.82, 2.24) is 0 Å². The average Bonchev–Trinajstić information content (AvgIpc) is 2.01. The molecule has 0 aromatic heterocycles. The van der Waals surface area contributed by atoms with Gasteiger partial charge < -0.3 is 0 Å². The molecule has 0 bridgehead atoms. The highest BCUT2D eigenvalue weighted by Crippen LogP contribution is 2.01. The van der Waals surface area contributed by atoms with Crippen LogP contribution in [0.4, 0.5) is 0 Å². The van der Waals surface area contributed by atoms with E-state index in [-0.39, 0.29) is 19.8 Å². The van der Waals surface area contributed by atoms with Crippen LogP contribution in [0.15, 0.2) is 12.7 Å². The maximum atomic E-state index is 11.0. The van der Waals surface area contributed by atoms with E-state index in [4.69, 9.17) is 0 Å². The third-order valence-corrected chi connectivity index (χ3v) is 2.65. The van der Waals surface area contributed by atoms with Gasteiger partial charge in [0.15, 0.2) is 0 Å². The Labute approximate surface area is 81.9 Å². The highest BCUT2D eigenvalue weighted by molar-refractivity contribution is 7.86. The van der Waals surface area contributed by atoms with Crippen LogP contribution in [-0.4, -0.2) is 20.8 Å². The second-order valence-corrected chi connectivity index (χ2v) is 4.30. The van der Waals surface area contributed by atoms with Crippen molar-refractivity contribution < 1.29 is 12.6 Å². The summed E-state index contributed by atoms with van der Waals surface area (Å²) in [5, 5.41) is 0. The van der Waals surface area contributed by atoms with Crippen LogP contribution in [0.25, 0.3) is 0 Å². The van der Waals surface area contributed by atoms with Crippen molar-refractivity contribution in [3.05, 3.63) is 12.7 Å². The van der Waals surface area contributed by atoms with Gasteiger partial charge in [0.2, 0.25) is 0 Å². The van der Waals surface area contributed by atoms with Crippen LogP contribution in [0.2, 0.25) is 0 Å². The van der Waals surface area contributed by atoms with E-state index >= 15 is 0 Å². The maximum absolute atomic E-state index is 11.0. The second kappa shape index (κ2) is 8.26. The molecule has 3 nitrogen and oxygen atoms in total. The van der Waals surface area contributed by atoms with Crippen molar-refractivity contribution in [2.24, 2.45) is 0 Å². The number of hydrogen-bond donors (Lipinski definition) is 0. The molecular weight excluding hydrogens is 188 g/mol. The van der Waals surface area contributed by atoms with E-state index < -0.39 is 10.1 Å². The van der Waals surface area contributed by atoms with Crippen molar-refractivity contribution in [2.75, 3.05) is 12.4 Å². The van der Waals surface area contributed by atoms with Crippen LogP contribution < -0.4 is 0 Å². The Morgan fingerprint density at radius 3 is 2.46 bits per heavy atom. The Balaban J connectivity index is 0. The Morgan fingerprint density at radius 2 is 2.00 bits per heavy atom. The summed E-state index contributed by atoms with van der Waals surface area (Å²) in [6.45, 7) is 5.47. The van der Waals surface area contributed by atoms with Gasteiger partial charge in [-0.15, -0.1) is 6.58 Å². The molecule has 0 aliphatic heterocycles. The lowest BCUT2D eigenvalue weighted by Gasteiger charge is -2.01. The number of hydrogen-bond acceptors (Lipinski definition) is 3. The molecule has 0 aromatic rings. The molecule has 0 aliphatic carbocycles. The van der Waals surface area contributed by atoms with Gasteiger partial charge in [0.05, 0.1) is 12.4 Å². The zero-order chi connectivity index (χ0) is 9.45. The van der Waals surface area contributed by atoms with Crippen molar-refractivity contribution >= 4 is 10.1 Å². The third-order valence-electron chi connectivity index (χ3n) is 1.36. The van der Waals surface area contributed by atoms with Gasteiger partial charge in [-0.05, 0) is 6.42 Å². The predicted octanol–water partition coefficient (Wildman–Crippen LogP) is 2.35. The Morgan fingerprint density at radius 1 is 1.38 bits per heavy atom. The van der Waals surface area contributed by atoms with E-state index in [0.29, 0.717) is 6.42 Å². The van der Waals surface area contributed by atoms with Gasteiger partial charge in [0, 0.05) is 0 Å². The fourth-order valence-electron chi connectivity index (χ4n) is 0.740. The van der Waals surface area contributed by atoms with Gasteiger partial charge >= 0.3 is 0 Å². The van der Waals surface area contributed by atoms with E-state index in [0.717, 1.165) is 12.8 Å². The zero-order valence-electron chi connectivity index (χ0n) is 7.45. The largest absolute Gasteiger partial charge is 0.267 e. The van der Waals surface area contributed by atoms with Crippen LogP contribution in [0.5, 0.6) is 0 Å². The van der Waals surface area contributed by atoms with Crippen LogP contribution in [0.1, 0.15) is 33.6 Å². The topological polar surface area (TPSA) is 43.4 Å². The minimum Gasteiger partial charge on any atom is -0.266 e. The Hall–Kier alpha value is -0.350. The predicted molar refractivity (Wildman–Crippen MR) is 56.2 cm³/mol. The lowest BCUT2D eigenvalue weighted by molar-refractivity contribution is 0.356. The maximum Gasteiger partial charge on any atom is 0.267 e. The standard InChI is InChI=1S/C8H16O3S.CH4/c1-3-5-6-8-12(9,10)11-7-4-2;/h4H,2-3,5-8H2,1H3;1H4. The molecule has 0 saturated carbocycles. The average molecular weight is 208 g/mol. The summed E-state index contributed by atoms with van der Waals surface area (Å²) in [6, 6.07) is 0. The Bertz CT molecular complexity index is 207. The van der Waals surface area contributed by atoms with E-state index in [1.807, 2.05) is 6.92 Å². The first-order valence-corrected chi connectivity index (χ1v) is 5.68. The van der Waals surface area contributed by atoms with Gasteiger partial charge in [-0.2, -0.15) is 8.42 Å². The molecule has 0 N–H and O–H groups in total. The zero-order valence-corrected chi connectivity index (χ0v) is 8.27. The lowest BCUT2D eigenvalue weighted by Crippen LogP contribution is -2.10. The van der Waals surface area contributed by atoms with Crippen LogP contribution >= 0.6 is 0 Å². The molecule has 0 fully saturated rings. The molecule has 0 aromatic carbocycles. The SMILES string of the molecule is C.C=CCOS(=O)(=O)CCCCC. The molecule has 4 heteroatoms. The molecular formula is C9H20O3S. The van der Waals surface area contributed by atoms with Gasteiger partial charge in [-0.1, -0.05) is 33.3 Å². The highest BCUT2D eigenvalue weighted by atomic mass is 32.2. The van der Waals surface area contributed by atoms with Gasteiger partial charge in [-0.25, -0.2) is 0 Å². The van der Waals surface area contributed by atoms with Crippen LogP contribution in [-0.2, 0) is 14.3 Å². The number of unbranched alkanes of at least 4 members (excludes halogenated alkanes) is 2. The minimum absolute atomic E-state index is 0. The molecule has 0 aliphatic rings. The summed E-state index contributed by atoms with van der Waals surface area (Å²) < 4.78 is 26.6. The fourth-order valence-corrected chi connectivity index (χ4v) is 1.72. The van der Waals surface area contributed by atoms with E-state index in [9.17, 15) is 8.42 Å². The molecule has 0 amide bonds. The summed E-state index contributed by atoms with van der Waals surface area (Å²) in [7, 11) is -3.29. The molecule has 0 rings (SSSR count). The molecule has 0 radical (unpaired) electrons. The lowest BCUT2D eigenvalue weighted by atomic mass is 10.3.